The van der Waals surface area contributed by atoms with Crippen LogP contribution in [0.3, 0.4) is 0 Å². The second-order valence-electron chi connectivity index (χ2n) is 6.63. The van der Waals surface area contributed by atoms with Crippen molar-refractivity contribution < 1.29 is 9.53 Å². The number of methoxy groups -OCH3 is 1. The van der Waals surface area contributed by atoms with Gasteiger partial charge >= 0.3 is 0 Å². The lowest BCUT2D eigenvalue weighted by Gasteiger charge is -2.08. The molecule has 2 heterocycles. The molecule has 0 fully saturated rings. The molecule has 5 rings (SSSR count). The molecule has 3 aromatic carbocycles. The fourth-order valence-corrected chi connectivity index (χ4v) is 3.97. The van der Waals surface area contributed by atoms with Gasteiger partial charge in [-0.1, -0.05) is 23.9 Å². The van der Waals surface area contributed by atoms with Crippen LogP contribution in [-0.4, -0.2) is 38.0 Å². The van der Waals surface area contributed by atoms with E-state index in [9.17, 15) is 4.79 Å². The number of carbonyl (C=O) groups excluding carboxylic acids is 1. The Bertz CT molecular complexity index is 1380. The van der Waals surface area contributed by atoms with E-state index in [0.717, 1.165) is 15.9 Å². The van der Waals surface area contributed by atoms with Crippen molar-refractivity contribution in [2.24, 2.45) is 0 Å². The Kier molecular flexibility index (Phi) is 4.93. The molecule has 9 heteroatoms. The summed E-state index contributed by atoms with van der Waals surface area (Å²) < 4.78 is 6.81. The topological polar surface area (TPSA) is 94.3 Å². The van der Waals surface area contributed by atoms with Crippen LogP contribution in [-0.2, 0) is 0 Å². The smallest absolute Gasteiger partial charge is 0.255 e. The monoisotopic (exact) mass is 428 g/mol. The molecule has 0 aliphatic carbocycles. The van der Waals surface area contributed by atoms with E-state index in [-0.39, 0.29) is 5.91 Å². The van der Waals surface area contributed by atoms with Crippen LogP contribution >= 0.6 is 11.8 Å². The molecule has 0 spiro atoms. The Balaban J connectivity index is 1.35. The number of anilines is 1. The summed E-state index contributed by atoms with van der Waals surface area (Å²) in [5.41, 5.74) is 3.52. The molecule has 0 saturated heterocycles. The van der Waals surface area contributed by atoms with Crippen molar-refractivity contribution in [3.05, 3.63) is 78.4 Å². The van der Waals surface area contributed by atoms with Gasteiger partial charge in [0, 0.05) is 16.1 Å². The molecule has 152 valence electrons. The van der Waals surface area contributed by atoms with Crippen molar-refractivity contribution >= 4 is 40.0 Å². The van der Waals surface area contributed by atoms with E-state index in [1.54, 1.807) is 35.9 Å². The number of benzene rings is 3. The summed E-state index contributed by atoms with van der Waals surface area (Å²) in [6.07, 6.45) is 0. The SMILES string of the molecule is COc1ccc(C(=O)Nc2ccc(Sc3nc4ccccc4n4nnnc34)cc2)cc1. The fraction of sp³-hybridized carbons (Fsp3) is 0.0455. The fourth-order valence-electron chi connectivity index (χ4n) is 3.11. The molecule has 0 bridgehead atoms. The molecule has 0 aliphatic rings. The number of nitrogens with one attached hydrogen (secondary N) is 1. The van der Waals surface area contributed by atoms with Gasteiger partial charge in [0.25, 0.3) is 5.91 Å². The highest BCUT2D eigenvalue weighted by Crippen LogP contribution is 2.31. The van der Waals surface area contributed by atoms with E-state index >= 15 is 0 Å². The number of hydrogen-bond donors (Lipinski definition) is 1. The van der Waals surface area contributed by atoms with Crippen LogP contribution < -0.4 is 10.1 Å². The van der Waals surface area contributed by atoms with Crippen LogP contribution in [0.4, 0.5) is 5.69 Å². The maximum absolute atomic E-state index is 12.4. The molecule has 5 aromatic rings. The Morgan fingerprint density at radius 1 is 1.00 bits per heavy atom. The van der Waals surface area contributed by atoms with Crippen molar-refractivity contribution in [1.82, 2.24) is 25.0 Å². The second-order valence-corrected chi connectivity index (χ2v) is 7.69. The predicted molar refractivity (Wildman–Crippen MR) is 118 cm³/mol. The van der Waals surface area contributed by atoms with Crippen LogP contribution in [0.5, 0.6) is 5.75 Å². The van der Waals surface area contributed by atoms with Gasteiger partial charge in [0.2, 0.25) is 5.65 Å². The number of hydrogen-bond acceptors (Lipinski definition) is 7. The number of aromatic nitrogens is 5. The second kappa shape index (κ2) is 8.04. The number of ether oxygens (including phenoxy) is 1. The minimum atomic E-state index is -0.185. The van der Waals surface area contributed by atoms with E-state index < -0.39 is 0 Å². The van der Waals surface area contributed by atoms with Crippen molar-refractivity contribution in [3.63, 3.8) is 0 Å². The van der Waals surface area contributed by atoms with E-state index in [4.69, 9.17) is 9.72 Å². The summed E-state index contributed by atoms with van der Waals surface area (Å²) in [6.45, 7) is 0. The van der Waals surface area contributed by atoms with E-state index in [1.165, 1.54) is 11.8 Å². The first-order chi connectivity index (χ1) is 15.2. The first-order valence-electron chi connectivity index (χ1n) is 9.41. The number of fused-ring (bicyclic) bond motifs is 3. The maximum Gasteiger partial charge on any atom is 0.255 e. The van der Waals surface area contributed by atoms with E-state index in [1.807, 2.05) is 48.5 Å². The quantitative estimate of drug-likeness (QED) is 0.451. The molecule has 2 aromatic heterocycles. The third-order valence-electron chi connectivity index (χ3n) is 4.67. The standard InChI is InChI=1S/C22H16N6O2S/c1-30-16-10-6-14(7-11-16)21(29)23-15-8-12-17(13-9-15)31-22-20-25-26-27-28(20)19-5-3-2-4-18(19)24-22/h2-13H,1H3,(H,23,29). The molecule has 8 nitrogen and oxygen atoms in total. The van der Waals surface area contributed by atoms with Crippen molar-refractivity contribution in [3.8, 4) is 5.75 Å². The predicted octanol–water partition coefficient (Wildman–Crippen LogP) is 4.08. The Morgan fingerprint density at radius 3 is 2.55 bits per heavy atom. The molecular weight excluding hydrogens is 412 g/mol. The highest BCUT2D eigenvalue weighted by Gasteiger charge is 2.13. The molecular formula is C22H16N6O2S. The summed E-state index contributed by atoms with van der Waals surface area (Å²) >= 11 is 1.46. The highest BCUT2D eigenvalue weighted by atomic mass is 32.2. The first-order valence-corrected chi connectivity index (χ1v) is 10.2. The summed E-state index contributed by atoms with van der Waals surface area (Å²) in [5.74, 6) is 0.521. The van der Waals surface area contributed by atoms with E-state index in [0.29, 0.717) is 27.7 Å². The lowest BCUT2D eigenvalue weighted by Crippen LogP contribution is -2.11. The Hall–Kier alpha value is -3.98. The number of para-hydroxylation sites is 2. The van der Waals surface area contributed by atoms with Gasteiger partial charge in [0.15, 0.2) is 0 Å². The zero-order valence-electron chi connectivity index (χ0n) is 16.4. The lowest BCUT2D eigenvalue weighted by atomic mass is 10.2. The van der Waals surface area contributed by atoms with Gasteiger partial charge in [-0.3, -0.25) is 4.79 Å². The Labute approximate surface area is 181 Å². The average Bonchev–Trinajstić information content (AvgIpc) is 3.31. The molecule has 1 amide bonds. The number of nitrogens with zero attached hydrogens (tertiary/aromatic N) is 5. The number of amides is 1. The van der Waals surface area contributed by atoms with Crippen LogP contribution in [0.15, 0.2) is 82.7 Å². The largest absolute Gasteiger partial charge is 0.497 e. The molecule has 0 atom stereocenters. The van der Waals surface area contributed by atoms with Crippen LogP contribution in [0, 0.1) is 0 Å². The van der Waals surface area contributed by atoms with Gasteiger partial charge in [0.05, 0.1) is 18.1 Å². The summed E-state index contributed by atoms with van der Waals surface area (Å²) in [5, 5.41) is 15.6. The summed E-state index contributed by atoms with van der Waals surface area (Å²) in [4.78, 5) is 18.1. The van der Waals surface area contributed by atoms with E-state index in [2.05, 4.69) is 20.8 Å². The van der Waals surface area contributed by atoms with Crippen molar-refractivity contribution in [2.45, 2.75) is 9.92 Å². The molecule has 0 radical (unpaired) electrons. The first kappa shape index (κ1) is 19.0. The van der Waals surface area contributed by atoms with Crippen LogP contribution in [0.2, 0.25) is 0 Å². The lowest BCUT2D eigenvalue weighted by molar-refractivity contribution is 0.102. The number of tetrazole rings is 1. The molecule has 0 aliphatic heterocycles. The molecule has 0 unspecified atom stereocenters. The molecule has 1 N–H and O–H groups in total. The third kappa shape index (κ3) is 3.78. The van der Waals surface area contributed by atoms with Gasteiger partial charge in [-0.25, -0.2) is 4.98 Å². The molecule has 31 heavy (non-hydrogen) atoms. The Morgan fingerprint density at radius 2 is 1.77 bits per heavy atom. The van der Waals surface area contributed by atoms with Crippen molar-refractivity contribution in [2.75, 3.05) is 12.4 Å². The molecule has 0 saturated carbocycles. The van der Waals surface area contributed by atoms with Gasteiger partial charge in [-0.05, 0) is 71.1 Å². The van der Waals surface area contributed by atoms with Gasteiger partial charge in [-0.15, -0.1) is 5.10 Å². The van der Waals surface area contributed by atoms with Crippen LogP contribution in [0.25, 0.3) is 16.7 Å². The highest BCUT2D eigenvalue weighted by molar-refractivity contribution is 7.99. The summed E-state index contributed by atoms with van der Waals surface area (Å²) in [6, 6.07) is 22.2. The zero-order valence-corrected chi connectivity index (χ0v) is 17.2. The number of carbonyl (C=O) groups is 1. The minimum Gasteiger partial charge on any atom is -0.497 e. The average molecular weight is 428 g/mol. The summed E-state index contributed by atoms with van der Waals surface area (Å²) in [7, 11) is 1.59. The maximum atomic E-state index is 12.4. The van der Waals surface area contributed by atoms with Crippen molar-refractivity contribution in [1.29, 1.82) is 0 Å². The van der Waals surface area contributed by atoms with Gasteiger partial charge < -0.3 is 10.1 Å². The van der Waals surface area contributed by atoms with Crippen LogP contribution in [0.1, 0.15) is 10.4 Å². The van der Waals surface area contributed by atoms with Gasteiger partial charge in [-0.2, -0.15) is 4.52 Å². The normalized spacial score (nSPS) is 11.0. The minimum absolute atomic E-state index is 0.185. The van der Waals surface area contributed by atoms with Gasteiger partial charge in [0.1, 0.15) is 10.8 Å². The number of rotatable bonds is 5. The third-order valence-corrected chi connectivity index (χ3v) is 5.65. The zero-order chi connectivity index (χ0) is 21.2.